The molecule has 0 aliphatic rings. The van der Waals surface area contributed by atoms with Crippen LogP contribution in [0.2, 0.25) is 0 Å². The molecule has 0 unspecified atom stereocenters. The topological polar surface area (TPSA) is 66.9 Å². The summed E-state index contributed by atoms with van der Waals surface area (Å²) < 4.78 is 0. The summed E-state index contributed by atoms with van der Waals surface area (Å²) in [7, 11) is 0. The van der Waals surface area contributed by atoms with Crippen molar-refractivity contribution in [3.63, 3.8) is 0 Å². The molecule has 2 amide bonds. The minimum Gasteiger partial charge on any atom is -0.333 e. The highest BCUT2D eigenvalue weighted by Crippen LogP contribution is 2.17. The van der Waals surface area contributed by atoms with Crippen LogP contribution in [0.4, 0.5) is 4.79 Å². The lowest BCUT2D eigenvalue weighted by atomic mass is 10.1. The van der Waals surface area contributed by atoms with Crippen molar-refractivity contribution in [3.8, 4) is 0 Å². The van der Waals surface area contributed by atoms with Gasteiger partial charge in [0.25, 0.3) is 0 Å². The molecule has 0 aliphatic heterocycles. The standard InChI is InChI=1S/C15H22N4OS2/c1-9(2)5-14-16-6-12(22-14)7-17-15(20)18-8-13-10(3)21-11(4)19-13/h6,9H,5,7-8H2,1-4H3,(H2,17,18,20). The zero-order valence-corrected chi connectivity index (χ0v) is 15.0. The van der Waals surface area contributed by atoms with Crippen LogP contribution in [-0.4, -0.2) is 16.0 Å². The summed E-state index contributed by atoms with van der Waals surface area (Å²) in [5.41, 5.74) is 0.939. The Morgan fingerprint density at radius 1 is 1.23 bits per heavy atom. The molecule has 120 valence electrons. The smallest absolute Gasteiger partial charge is 0.315 e. The number of urea groups is 1. The molecule has 2 N–H and O–H groups in total. The molecule has 22 heavy (non-hydrogen) atoms. The number of carbonyl (C=O) groups is 1. The zero-order valence-electron chi connectivity index (χ0n) is 13.4. The van der Waals surface area contributed by atoms with Crippen molar-refractivity contribution in [2.75, 3.05) is 0 Å². The largest absolute Gasteiger partial charge is 0.333 e. The van der Waals surface area contributed by atoms with E-state index in [1.807, 2.05) is 20.0 Å². The number of thiazole rings is 2. The Bertz CT molecular complexity index is 633. The Morgan fingerprint density at radius 3 is 2.59 bits per heavy atom. The number of rotatable bonds is 6. The number of hydrogen-bond donors (Lipinski definition) is 2. The van der Waals surface area contributed by atoms with E-state index in [-0.39, 0.29) is 6.03 Å². The first-order valence-electron chi connectivity index (χ1n) is 7.32. The average Bonchev–Trinajstić information content (AvgIpc) is 3.00. The van der Waals surface area contributed by atoms with Crippen LogP contribution in [0, 0.1) is 19.8 Å². The third-order valence-electron chi connectivity index (χ3n) is 3.02. The van der Waals surface area contributed by atoms with Gasteiger partial charge in [-0.3, -0.25) is 0 Å². The molecule has 0 aromatic carbocycles. The molecule has 2 aromatic heterocycles. The van der Waals surface area contributed by atoms with E-state index in [0.29, 0.717) is 19.0 Å². The first kappa shape index (κ1) is 16.9. The molecule has 0 saturated carbocycles. The van der Waals surface area contributed by atoms with E-state index in [9.17, 15) is 4.79 Å². The van der Waals surface area contributed by atoms with Crippen LogP contribution in [0.15, 0.2) is 6.20 Å². The molecule has 2 aromatic rings. The highest BCUT2D eigenvalue weighted by atomic mass is 32.1. The molecule has 0 aliphatic carbocycles. The number of nitrogens with zero attached hydrogens (tertiary/aromatic N) is 2. The van der Waals surface area contributed by atoms with Gasteiger partial charge in [-0.15, -0.1) is 22.7 Å². The minimum atomic E-state index is -0.177. The number of amides is 2. The number of hydrogen-bond acceptors (Lipinski definition) is 5. The Labute approximate surface area is 139 Å². The van der Waals surface area contributed by atoms with E-state index in [2.05, 4.69) is 34.4 Å². The van der Waals surface area contributed by atoms with Gasteiger partial charge in [-0.05, 0) is 19.8 Å². The number of carbonyl (C=O) groups excluding carboxylic acids is 1. The van der Waals surface area contributed by atoms with Gasteiger partial charge in [0, 0.05) is 22.4 Å². The summed E-state index contributed by atoms with van der Waals surface area (Å²) in [5, 5.41) is 7.85. The molecular formula is C15H22N4OS2. The zero-order chi connectivity index (χ0) is 16.1. The summed E-state index contributed by atoms with van der Waals surface area (Å²) in [4.78, 5) is 22.8. The van der Waals surface area contributed by atoms with Gasteiger partial charge in [0.2, 0.25) is 0 Å². The lowest BCUT2D eigenvalue weighted by Crippen LogP contribution is -2.34. The van der Waals surface area contributed by atoms with E-state index in [1.54, 1.807) is 22.7 Å². The monoisotopic (exact) mass is 338 g/mol. The Morgan fingerprint density at radius 2 is 1.95 bits per heavy atom. The molecule has 2 rings (SSSR count). The summed E-state index contributed by atoms with van der Waals surface area (Å²) in [6.07, 6.45) is 2.83. The van der Waals surface area contributed by atoms with E-state index in [1.165, 1.54) is 0 Å². The fourth-order valence-electron chi connectivity index (χ4n) is 2.00. The molecule has 5 nitrogen and oxygen atoms in total. The van der Waals surface area contributed by atoms with Gasteiger partial charge in [0.05, 0.1) is 28.8 Å². The molecule has 0 saturated heterocycles. The molecule has 0 atom stereocenters. The van der Waals surface area contributed by atoms with E-state index < -0.39 is 0 Å². The highest BCUT2D eigenvalue weighted by molar-refractivity contribution is 7.11. The van der Waals surface area contributed by atoms with Crippen LogP contribution >= 0.6 is 22.7 Å². The lowest BCUT2D eigenvalue weighted by molar-refractivity contribution is 0.240. The molecule has 2 heterocycles. The normalized spacial score (nSPS) is 11.0. The van der Waals surface area contributed by atoms with Gasteiger partial charge in [0.15, 0.2) is 0 Å². The second kappa shape index (κ2) is 7.69. The maximum atomic E-state index is 11.8. The first-order chi connectivity index (χ1) is 10.4. The molecule has 0 bridgehead atoms. The van der Waals surface area contributed by atoms with Crippen molar-refractivity contribution in [2.45, 2.75) is 47.2 Å². The summed E-state index contributed by atoms with van der Waals surface area (Å²) in [6, 6.07) is -0.177. The van der Waals surface area contributed by atoms with Gasteiger partial charge in [-0.2, -0.15) is 0 Å². The van der Waals surface area contributed by atoms with Crippen LogP contribution in [-0.2, 0) is 19.5 Å². The first-order valence-corrected chi connectivity index (χ1v) is 8.95. The van der Waals surface area contributed by atoms with Crippen LogP contribution in [0.1, 0.15) is 39.3 Å². The fourth-order valence-corrected chi connectivity index (χ4v) is 3.91. The van der Waals surface area contributed by atoms with Gasteiger partial charge in [-0.25, -0.2) is 14.8 Å². The number of aryl methyl sites for hydroxylation is 2. The Balaban J connectivity index is 1.75. The van der Waals surface area contributed by atoms with E-state index in [0.717, 1.165) is 31.9 Å². The van der Waals surface area contributed by atoms with Crippen molar-refractivity contribution in [1.29, 1.82) is 0 Å². The van der Waals surface area contributed by atoms with Crippen molar-refractivity contribution >= 4 is 28.7 Å². The quantitative estimate of drug-likeness (QED) is 0.848. The molecular weight excluding hydrogens is 316 g/mol. The van der Waals surface area contributed by atoms with Gasteiger partial charge < -0.3 is 10.6 Å². The van der Waals surface area contributed by atoms with E-state index >= 15 is 0 Å². The fraction of sp³-hybridized carbons (Fsp3) is 0.533. The second-order valence-electron chi connectivity index (χ2n) is 5.59. The maximum absolute atomic E-state index is 11.8. The Hall–Kier alpha value is -1.47. The summed E-state index contributed by atoms with van der Waals surface area (Å²) in [5.74, 6) is 0.597. The third kappa shape index (κ3) is 5.06. The Kier molecular flexibility index (Phi) is 5.90. The predicted octanol–water partition coefficient (Wildman–Crippen LogP) is 3.41. The molecule has 0 radical (unpaired) electrons. The van der Waals surface area contributed by atoms with Crippen molar-refractivity contribution in [2.24, 2.45) is 5.92 Å². The lowest BCUT2D eigenvalue weighted by Gasteiger charge is -2.05. The van der Waals surface area contributed by atoms with Crippen LogP contribution in [0.5, 0.6) is 0 Å². The van der Waals surface area contributed by atoms with Crippen LogP contribution < -0.4 is 10.6 Å². The molecule has 0 fully saturated rings. The highest BCUT2D eigenvalue weighted by Gasteiger charge is 2.08. The van der Waals surface area contributed by atoms with Gasteiger partial charge >= 0.3 is 6.03 Å². The molecule has 7 heteroatoms. The minimum absolute atomic E-state index is 0.177. The van der Waals surface area contributed by atoms with Crippen LogP contribution in [0.25, 0.3) is 0 Å². The van der Waals surface area contributed by atoms with E-state index in [4.69, 9.17) is 0 Å². The van der Waals surface area contributed by atoms with Crippen molar-refractivity contribution < 1.29 is 4.79 Å². The van der Waals surface area contributed by atoms with Crippen molar-refractivity contribution in [1.82, 2.24) is 20.6 Å². The third-order valence-corrected chi connectivity index (χ3v) is 4.97. The number of aromatic nitrogens is 2. The van der Waals surface area contributed by atoms with Crippen molar-refractivity contribution in [3.05, 3.63) is 31.7 Å². The number of nitrogens with one attached hydrogen (secondary N) is 2. The van der Waals surface area contributed by atoms with Crippen LogP contribution in [0.3, 0.4) is 0 Å². The maximum Gasteiger partial charge on any atom is 0.315 e. The second-order valence-corrected chi connectivity index (χ2v) is 8.20. The van der Waals surface area contributed by atoms with Gasteiger partial charge in [-0.1, -0.05) is 13.8 Å². The summed E-state index contributed by atoms with van der Waals surface area (Å²) in [6.45, 7) is 9.32. The average molecular weight is 339 g/mol. The summed E-state index contributed by atoms with van der Waals surface area (Å²) >= 11 is 3.31. The SMILES string of the molecule is Cc1nc(CNC(=O)NCc2cnc(CC(C)C)s2)c(C)s1. The van der Waals surface area contributed by atoms with Gasteiger partial charge in [0.1, 0.15) is 0 Å². The molecule has 0 spiro atoms. The predicted molar refractivity (Wildman–Crippen MR) is 91.3 cm³/mol.